The maximum atomic E-state index is 14.3. The monoisotopic (exact) mass is 520 g/mol. The first-order chi connectivity index (χ1) is 17.8. The van der Waals surface area contributed by atoms with E-state index < -0.39 is 45.9 Å². The van der Waals surface area contributed by atoms with Crippen molar-refractivity contribution in [3.8, 4) is 17.2 Å². The van der Waals surface area contributed by atoms with E-state index >= 15 is 0 Å². The average Bonchev–Trinajstić information content (AvgIpc) is 3.18. The smallest absolute Gasteiger partial charge is 0.366 e. The third-order valence-corrected chi connectivity index (χ3v) is 6.38. The number of carbonyl (C=O) groups excluding carboxylic acids is 2. The van der Waals surface area contributed by atoms with Gasteiger partial charge in [-0.3, -0.25) is 14.3 Å². The zero-order valence-corrected chi connectivity index (χ0v) is 20.7. The van der Waals surface area contributed by atoms with Crippen LogP contribution in [0.4, 0.5) is 13.2 Å². The van der Waals surface area contributed by atoms with Gasteiger partial charge in [-0.05, 0) is 38.0 Å². The predicted octanol–water partition coefficient (Wildman–Crippen LogP) is 4.47. The number of fused-ring (bicyclic) bond motifs is 1. The first-order valence-electron chi connectivity index (χ1n) is 11.4. The number of para-hydroxylation sites is 1. The summed E-state index contributed by atoms with van der Waals surface area (Å²) in [5, 5.41) is 13.4. The Morgan fingerprint density at radius 3 is 2.18 bits per heavy atom. The quantitative estimate of drug-likeness (QED) is 0.386. The summed E-state index contributed by atoms with van der Waals surface area (Å²) >= 11 is 0. The summed E-state index contributed by atoms with van der Waals surface area (Å²) in [4.78, 5) is 29.2. The van der Waals surface area contributed by atoms with Crippen LogP contribution in [0.1, 0.15) is 57.2 Å². The van der Waals surface area contributed by atoms with Gasteiger partial charge in [-0.25, -0.2) is 4.98 Å². The number of primary amides is 2. The molecule has 0 radical (unpaired) electrons. The van der Waals surface area contributed by atoms with Crippen LogP contribution in [-0.4, -0.2) is 26.6 Å². The van der Waals surface area contributed by atoms with E-state index in [1.54, 1.807) is 50.2 Å². The number of aromatic nitrogens is 3. The number of nitrogens with two attached hydrogens (primary N) is 2. The molecule has 2 aromatic heterocycles. The molecule has 0 aliphatic rings. The normalized spacial score (nSPS) is 11.9. The molecule has 2 aromatic carbocycles. The van der Waals surface area contributed by atoms with Gasteiger partial charge in [0.1, 0.15) is 5.69 Å². The number of nitrogens with zero attached hydrogens (tertiary/aromatic N) is 4. The van der Waals surface area contributed by atoms with Gasteiger partial charge in [-0.1, -0.05) is 42.5 Å². The summed E-state index contributed by atoms with van der Waals surface area (Å²) in [6.45, 7) is 4.86. The number of halogens is 3. The van der Waals surface area contributed by atoms with Crippen molar-refractivity contribution in [2.24, 2.45) is 11.5 Å². The van der Waals surface area contributed by atoms with Crippen LogP contribution in [0.15, 0.2) is 48.5 Å². The third kappa shape index (κ3) is 4.56. The largest absolute Gasteiger partial charge is 0.435 e. The van der Waals surface area contributed by atoms with E-state index in [0.29, 0.717) is 5.56 Å². The lowest BCUT2D eigenvalue weighted by Crippen LogP contribution is -2.21. The molecule has 0 fully saturated rings. The fourth-order valence-electron chi connectivity index (χ4n) is 4.35. The Kier molecular flexibility index (Phi) is 6.45. The number of amides is 2. The van der Waals surface area contributed by atoms with Crippen molar-refractivity contribution in [3.05, 3.63) is 82.3 Å². The van der Waals surface area contributed by atoms with Gasteiger partial charge in [0.05, 0.1) is 29.1 Å². The highest BCUT2D eigenvalue weighted by atomic mass is 19.4. The van der Waals surface area contributed by atoms with Gasteiger partial charge < -0.3 is 11.5 Å². The van der Waals surface area contributed by atoms with Crippen LogP contribution in [-0.2, 0) is 18.1 Å². The Morgan fingerprint density at radius 2 is 1.63 bits per heavy atom. The molecule has 194 valence electrons. The van der Waals surface area contributed by atoms with Gasteiger partial charge in [0.2, 0.25) is 5.91 Å². The lowest BCUT2D eigenvalue weighted by atomic mass is 9.86. The second-order valence-electron chi connectivity index (χ2n) is 9.35. The van der Waals surface area contributed by atoms with Crippen LogP contribution >= 0.6 is 0 Å². The van der Waals surface area contributed by atoms with Crippen molar-refractivity contribution in [2.45, 2.75) is 38.9 Å². The molecule has 2 amide bonds. The van der Waals surface area contributed by atoms with E-state index in [4.69, 9.17) is 11.5 Å². The molecular weight excluding hydrogens is 497 g/mol. The Hall–Kier alpha value is -4.72. The first kappa shape index (κ1) is 26.3. The fourth-order valence-corrected chi connectivity index (χ4v) is 4.35. The van der Waals surface area contributed by atoms with Gasteiger partial charge in [0, 0.05) is 22.2 Å². The highest BCUT2D eigenvalue weighted by molar-refractivity contribution is 6.15. The molecule has 0 spiro atoms. The minimum atomic E-state index is -4.94. The Morgan fingerprint density at radius 1 is 1.00 bits per heavy atom. The molecule has 4 rings (SSSR count). The molecule has 0 atom stereocenters. The van der Waals surface area contributed by atoms with E-state index in [1.165, 1.54) is 19.1 Å². The van der Waals surface area contributed by atoms with Crippen molar-refractivity contribution in [3.63, 3.8) is 0 Å². The first-order valence-corrected chi connectivity index (χ1v) is 11.4. The van der Waals surface area contributed by atoms with Crippen molar-refractivity contribution < 1.29 is 22.8 Å². The average molecular weight is 521 g/mol. The van der Waals surface area contributed by atoms with Crippen LogP contribution in [0.5, 0.6) is 0 Å². The van der Waals surface area contributed by atoms with E-state index in [1.807, 2.05) is 0 Å². The molecule has 0 aliphatic carbocycles. The number of pyridine rings is 1. The van der Waals surface area contributed by atoms with E-state index in [2.05, 4.69) is 16.2 Å². The van der Waals surface area contributed by atoms with E-state index in [-0.39, 0.29) is 28.7 Å². The lowest BCUT2D eigenvalue weighted by molar-refractivity contribution is -0.141. The molecule has 0 saturated heterocycles. The van der Waals surface area contributed by atoms with Crippen LogP contribution in [0, 0.1) is 18.3 Å². The standard InChI is InChI=1S/C27H23F3N6O2/c1-14-19(21-20(24(32)37)17-6-4-5-7-18(17)34-22(21)25(33)38)23(27(28,29)30)35-36(14)12-15-8-10-16(11-9-15)26(2,3)13-31/h4-11H,12H2,1-3H3,(H2,32,37)(H2,33,38). The van der Waals surface area contributed by atoms with E-state index in [0.717, 1.165) is 10.2 Å². The van der Waals surface area contributed by atoms with E-state index in [9.17, 15) is 28.0 Å². The van der Waals surface area contributed by atoms with Gasteiger partial charge >= 0.3 is 6.18 Å². The van der Waals surface area contributed by atoms with Crippen molar-refractivity contribution in [2.75, 3.05) is 0 Å². The Labute approximate surface area is 215 Å². The number of hydrogen-bond acceptors (Lipinski definition) is 5. The molecular formula is C27H23F3N6O2. The maximum Gasteiger partial charge on any atom is 0.435 e. The fraction of sp³-hybridized carbons (Fsp3) is 0.222. The molecule has 0 aliphatic heterocycles. The van der Waals surface area contributed by atoms with Gasteiger partial charge in [0.25, 0.3) is 5.91 Å². The van der Waals surface area contributed by atoms with Crippen molar-refractivity contribution in [1.29, 1.82) is 5.26 Å². The number of nitriles is 1. The molecule has 11 heteroatoms. The summed E-state index contributed by atoms with van der Waals surface area (Å²) < 4.78 is 44.1. The minimum Gasteiger partial charge on any atom is -0.366 e. The van der Waals surface area contributed by atoms with Gasteiger partial charge in [-0.15, -0.1) is 0 Å². The minimum absolute atomic E-state index is 0.0286. The van der Waals surface area contributed by atoms with Crippen LogP contribution in [0.2, 0.25) is 0 Å². The van der Waals surface area contributed by atoms with Gasteiger partial charge in [-0.2, -0.15) is 23.5 Å². The second-order valence-corrected chi connectivity index (χ2v) is 9.35. The number of rotatable bonds is 6. The molecule has 4 N–H and O–H groups in total. The summed E-state index contributed by atoms with van der Waals surface area (Å²) in [7, 11) is 0. The topological polar surface area (TPSA) is 141 Å². The zero-order valence-electron chi connectivity index (χ0n) is 20.7. The molecule has 4 aromatic rings. The Bertz CT molecular complexity index is 1630. The maximum absolute atomic E-state index is 14.3. The summed E-state index contributed by atoms with van der Waals surface area (Å²) in [5.74, 6) is -2.17. The molecule has 2 heterocycles. The summed E-state index contributed by atoms with van der Waals surface area (Å²) in [6, 6.07) is 15.2. The molecule has 0 saturated carbocycles. The lowest BCUT2D eigenvalue weighted by Gasteiger charge is -2.16. The van der Waals surface area contributed by atoms with Crippen molar-refractivity contribution in [1.82, 2.24) is 14.8 Å². The SMILES string of the molecule is Cc1c(-c2c(C(N)=O)nc3ccccc3c2C(N)=O)c(C(F)(F)F)nn1Cc1ccc(C(C)(C)C#N)cc1. The van der Waals surface area contributed by atoms with Crippen molar-refractivity contribution >= 4 is 22.7 Å². The number of hydrogen-bond donors (Lipinski definition) is 2. The summed E-state index contributed by atoms with van der Waals surface area (Å²) in [6.07, 6.45) is -4.94. The second kappa shape index (κ2) is 9.30. The van der Waals surface area contributed by atoms with Crippen LogP contribution in [0.3, 0.4) is 0 Å². The molecule has 0 unspecified atom stereocenters. The van der Waals surface area contributed by atoms with Crippen LogP contribution in [0.25, 0.3) is 22.0 Å². The number of alkyl halides is 3. The number of benzene rings is 2. The molecule has 0 bridgehead atoms. The molecule has 38 heavy (non-hydrogen) atoms. The summed E-state index contributed by atoms with van der Waals surface area (Å²) in [5.41, 5.74) is 8.96. The predicted molar refractivity (Wildman–Crippen MR) is 134 cm³/mol. The number of carbonyl (C=O) groups is 2. The zero-order chi connectivity index (χ0) is 28.0. The third-order valence-electron chi connectivity index (χ3n) is 6.38. The Balaban J connectivity index is 1.98. The highest BCUT2D eigenvalue weighted by Gasteiger charge is 2.41. The van der Waals surface area contributed by atoms with Crippen LogP contribution < -0.4 is 11.5 Å². The van der Waals surface area contributed by atoms with Gasteiger partial charge in [0.15, 0.2) is 5.69 Å². The highest BCUT2D eigenvalue weighted by Crippen LogP contribution is 2.42. The molecule has 8 nitrogen and oxygen atoms in total.